The highest BCUT2D eigenvalue weighted by atomic mass is 19.4. The second-order valence-corrected chi connectivity index (χ2v) is 8.42. The van der Waals surface area contributed by atoms with Gasteiger partial charge in [-0.15, -0.1) is 0 Å². The first-order valence-corrected chi connectivity index (χ1v) is 10.8. The number of halogens is 3. The van der Waals surface area contributed by atoms with Gasteiger partial charge in [-0.2, -0.15) is 13.2 Å². The minimum atomic E-state index is -4.36. The summed E-state index contributed by atoms with van der Waals surface area (Å²) in [5, 5.41) is 0. The van der Waals surface area contributed by atoms with E-state index in [4.69, 9.17) is 4.74 Å². The van der Waals surface area contributed by atoms with E-state index in [9.17, 15) is 18.0 Å². The summed E-state index contributed by atoms with van der Waals surface area (Å²) < 4.78 is 45.3. The minimum absolute atomic E-state index is 0.0714. The van der Waals surface area contributed by atoms with Gasteiger partial charge < -0.3 is 9.64 Å². The molecule has 0 radical (unpaired) electrons. The highest BCUT2D eigenvalue weighted by molar-refractivity contribution is 6.46. The Kier molecular flexibility index (Phi) is 6.48. The minimum Gasteiger partial charge on any atom is -0.383 e. The molecule has 0 aromatic heterocycles. The summed E-state index contributed by atoms with van der Waals surface area (Å²) in [7, 11) is 1.69. The zero-order valence-corrected chi connectivity index (χ0v) is 17.7. The number of rotatable bonds is 5. The molecule has 8 heteroatoms. The molecule has 1 saturated heterocycles. The molecule has 5 nitrogen and oxygen atoms in total. The first-order valence-electron chi connectivity index (χ1n) is 10.8. The molecule has 3 heterocycles. The highest BCUT2D eigenvalue weighted by Crippen LogP contribution is 2.39. The fourth-order valence-corrected chi connectivity index (χ4v) is 4.85. The third-order valence-corrected chi connectivity index (χ3v) is 6.54. The standard InChI is InChI=1S/C23H28F3N3O2/c1-31-13-12-28-9-8-19-17(15-28)14-27-21(19)22(30)29-10-6-16(7-11-29)18-4-2-3-5-20(18)23(24,25)26/h2-5,16H,6-15H2,1H3. The van der Waals surface area contributed by atoms with Crippen molar-refractivity contribution in [3.05, 3.63) is 46.5 Å². The van der Waals surface area contributed by atoms with Crippen LogP contribution in [0.25, 0.3) is 0 Å². The summed E-state index contributed by atoms with van der Waals surface area (Å²) >= 11 is 0. The molecule has 0 saturated carbocycles. The number of piperidine rings is 1. The van der Waals surface area contributed by atoms with Gasteiger partial charge in [0.25, 0.3) is 5.91 Å². The second-order valence-electron chi connectivity index (χ2n) is 8.42. The summed E-state index contributed by atoms with van der Waals surface area (Å²) in [6.45, 7) is 4.72. The van der Waals surface area contributed by atoms with Gasteiger partial charge in [-0.1, -0.05) is 18.2 Å². The maximum atomic E-state index is 13.4. The average molecular weight is 435 g/mol. The van der Waals surface area contributed by atoms with E-state index in [1.165, 1.54) is 11.6 Å². The molecule has 1 aromatic rings. The Morgan fingerprint density at radius 3 is 2.65 bits per heavy atom. The molecule has 4 rings (SSSR count). The van der Waals surface area contributed by atoms with Gasteiger partial charge in [-0.3, -0.25) is 14.7 Å². The maximum Gasteiger partial charge on any atom is 0.416 e. The Bertz CT molecular complexity index is 886. The number of ether oxygens (including phenoxy) is 1. The maximum absolute atomic E-state index is 13.4. The Balaban J connectivity index is 1.38. The SMILES string of the molecule is COCCN1CCC2=C(CN=C2C(=O)N2CCC(c3ccccc3C(F)(F)F)CC2)C1. The lowest BCUT2D eigenvalue weighted by Crippen LogP contribution is -2.43. The lowest BCUT2D eigenvalue weighted by molar-refractivity contribution is -0.138. The first kappa shape index (κ1) is 22.0. The van der Waals surface area contributed by atoms with Gasteiger partial charge in [-0.05, 0) is 48.0 Å². The number of benzene rings is 1. The predicted octanol–water partition coefficient (Wildman–Crippen LogP) is 3.51. The smallest absolute Gasteiger partial charge is 0.383 e. The van der Waals surface area contributed by atoms with E-state index in [2.05, 4.69) is 9.89 Å². The molecule has 0 spiro atoms. The van der Waals surface area contributed by atoms with Crippen molar-refractivity contribution in [2.75, 3.05) is 53.0 Å². The molecule has 0 atom stereocenters. The largest absolute Gasteiger partial charge is 0.416 e. The fraction of sp³-hybridized carbons (Fsp3) is 0.565. The summed E-state index contributed by atoms with van der Waals surface area (Å²) in [5.74, 6) is -0.260. The van der Waals surface area contributed by atoms with E-state index in [1.54, 1.807) is 24.1 Å². The molecule has 31 heavy (non-hydrogen) atoms. The van der Waals surface area contributed by atoms with Crippen LogP contribution in [-0.2, 0) is 15.7 Å². The summed E-state index contributed by atoms with van der Waals surface area (Å²) in [4.78, 5) is 21.7. The molecule has 3 aliphatic rings. The highest BCUT2D eigenvalue weighted by Gasteiger charge is 2.37. The van der Waals surface area contributed by atoms with E-state index in [0.717, 1.165) is 37.7 Å². The van der Waals surface area contributed by atoms with Gasteiger partial charge in [0.15, 0.2) is 0 Å². The number of likely N-dealkylation sites (tertiary alicyclic amines) is 1. The number of amides is 1. The number of hydrogen-bond acceptors (Lipinski definition) is 4. The quantitative estimate of drug-likeness (QED) is 0.711. The van der Waals surface area contributed by atoms with E-state index < -0.39 is 11.7 Å². The van der Waals surface area contributed by atoms with Crippen LogP contribution in [-0.4, -0.2) is 74.4 Å². The molecular formula is C23H28F3N3O2. The molecule has 1 fully saturated rings. The van der Waals surface area contributed by atoms with Crippen molar-refractivity contribution in [2.24, 2.45) is 4.99 Å². The molecular weight excluding hydrogens is 407 g/mol. The van der Waals surface area contributed by atoms with Crippen LogP contribution in [0, 0.1) is 0 Å². The number of nitrogens with zero attached hydrogens (tertiary/aromatic N) is 3. The van der Waals surface area contributed by atoms with Crippen molar-refractivity contribution in [3.63, 3.8) is 0 Å². The Labute approximate surface area is 180 Å². The summed E-state index contributed by atoms with van der Waals surface area (Å²) in [6.07, 6.45) is -2.49. The van der Waals surface area contributed by atoms with Crippen LogP contribution in [0.3, 0.4) is 0 Å². The van der Waals surface area contributed by atoms with Crippen molar-refractivity contribution in [3.8, 4) is 0 Å². The number of alkyl halides is 3. The molecule has 3 aliphatic heterocycles. The van der Waals surface area contributed by atoms with Gasteiger partial charge in [-0.25, -0.2) is 0 Å². The fourth-order valence-electron chi connectivity index (χ4n) is 4.85. The molecule has 0 aliphatic carbocycles. The van der Waals surface area contributed by atoms with Crippen LogP contribution in [0.1, 0.15) is 36.3 Å². The van der Waals surface area contributed by atoms with Crippen molar-refractivity contribution < 1.29 is 22.7 Å². The van der Waals surface area contributed by atoms with Gasteiger partial charge in [0.1, 0.15) is 5.71 Å². The normalized spacial score (nSPS) is 20.8. The van der Waals surface area contributed by atoms with Crippen LogP contribution in [0.15, 0.2) is 40.4 Å². The average Bonchev–Trinajstić information content (AvgIpc) is 3.20. The van der Waals surface area contributed by atoms with E-state index in [1.807, 2.05) is 0 Å². The van der Waals surface area contributed by atoms with Gasteiger partial charge >= 0.3 is 6.18 Å². The van der Waals surface area contributed by atoms with Gasteiger partial charge in [0.05, 0.1) is 18.7 Å². The lowest BCUT2D eigenvalue weighted by Gasteiger charge is -2.34. The Hall–Kier alpha value is -2.19. The van der Waals surface area contributed by atoms with Crippen molar-refractivity contribution in [1.82, 2.24) is 9.80 Å². The second kappa shape index (κ2) is 9.12. The van der Waals surface area contributed by atoms with E-state index in [-0.39, 0.29) is 11.8 Å². The Morgan fingerprint density at radius 1 is 1.19 bits per heavy atom. The van der Waals surface area contributed by atoms with Gasteiger partial charge in [0, 0.05) is 39.8 Å². The van der Waals surface area contributed by atoms with E-state index >= 15 is 0 Å². The number of carbonyl (C=O) groups excluding carboxylic acids is 1. The first-order chi connectivity index (χ1) is 14.9. The van der Waals surface area contributed by atoms with Crippen LogP contribution < -0.4 is 0 Å². The number of hydrogen-bond donors (Lipinski definition) is 0. The number of carbonyl (C=O) groups is 1. The van der Waals surface area contributed by atoms with Crippen molar-refractivity contribution in [1.29, 1.82) is 0 Å². The molecule has 0 unspecified atom stereocenters. The lowest BCUT2D eigenvalue weighted by atomic mass is 9.86. The third-order valence-electron chi connectivity index (χ3n) is 6.54. The zero-order chi connectivity index (χ0) is 22.0. The molecule has 0 bridgehead atoms. The topological polar surface area (TPSA) is 45.1 Å². The third kappa shape index (κ3) is 4.70. The number of methoxy groups -OCH3 is 1. The van der Waals surface area contributed by atoms with Crippen LogP contribution in [0.4, 0.5) is 13.2 Å². The number of aliphatic imine (C=N–C) groups is 1. The van der Waals surface area contributed by atoms with Crippen LogP contribution in [0.5, 0.6) is 0 Å². The van der Waals surface area contributed by atoms with Crippen LogP contribution >= 0.6 is 0 Å². The summed E-state index contributed by atoms with van der Waals surface area (Å²) in [6, 6.07) is 5.80. The monoisotopic (exact) mass is 435 g/mol. The molecule has 168 valence electrons. The Morgan fingerprint density at radius 2 is 1.94 bits per heavy atom. The van der Waals surface area contributed by atoms with Crippen molar-refractivity contribution in [2.45, 2.75) is 31.4 Å². The predicted molar refractivity (Wildman–Crippen MR) is 112 cm³/mol. The summed E-state index contributed by atoms with van der Waals surface area (Å²) in [5.41, 5.74) is 2.63. The van der Waals surface area contributed by atoms with Gasteiger partial charge in [0.2, 0.25) is 0 Å². The molecule has 0 N–H and O–H groups in total. The molecule has 1 amide bonds. The van der Waals surface area contributed by atoms with Crippen molar-refractivity contribution >= 4 is 11.6 Å². The zero-order valence-electron chi connectivity index (χ0n) is 17.7. The molecule has 1 aromatic carbocycles. The van der Waals surface area contributed by atoms with Crippen LogP contribution in [0.2, 0.25) is 0 Å². The van der Waals surface area contributed by atoms with E-state index in [0.29, 0.717) is 50.4 Å².